The number of ether oxygens (including phenoxy) is 4. The molecule has 5 rings (SSSR count). The predicted octanol–water partition coefficient (Wildman–Crippen LogP) is 4.24. The van der Waals surface area contributed by atoms with Crippen molar-refractivity contribution in [1.29, 1.82) is 0 Å². The van der Waals surface area contributed by atoms with Gasteiger partial charge in [0.2, 0.25) is 0 Å². The number of aliphatic hydroxyl groups excluding tert-OH is 1. The van der Waals surface area contributed by atoms with Crippen molar-refractivity contribution < 1.29 is 24.1 Å². The number of fused-ring (bicyclic) bond motifs is 1. The molecule has 166 valence electrons. The molecule has 1 aromatic heterocycles. The van der Waals surface area contributed by atoms with Crippen molar-refractivity contribution in [3.63, 3.8) is 0 Å². The first-order chi connectivity index (χ1) is 15.7. The third kappa shape index (κ3) is 4.43. The maximum absolute atomic E-state index is 10.1. The molecule has 3 heterocycles. The summed E-state index contributed by atoms with van der Waals surface area (Å²) in [7, 11) is 0. The van der Waals surface area contributed by atoms with Crippen molar-refractivity contribution in [2.24, 2.45) is 0 Å². The quantitative estimate of drug-likeness (QED) is 0.623. The number of hydrogen-bond acceptors (Lipinski definition) is 6. The number of pyridine rings is 1. The molecule has 0 bridgehead atoms. The second kappa shape index (κ2) is 9.67. The van der Waals surface area contributed by atoms with E-state index in [0.29, 0.717) is 11.4 Å². The number of aliphatic hydroxyl groups is 1. The van der Waals surface area contributed by atoms with Crippen LogP contribution < -0.4 is 0 Å². The summed E-state index contributed by atoms with van der Waals surface area (Å²) in [5.74, 6) is 0. The van der Waals surface area contributed by atoms with Gasteiger partial charge in [0.25, 0.3) is 0 Å². The summed E-state index contributed by atoms with van der Waals surface area (Å²) in [4.78, 5) is 4.21. The molecule has 0 amide bonds. The fourth-order valence-corrected chi connectivity index (χ4v) is 4.38. The van der Waals surface area contributed by atoms with Crippen molar-refractivity contribution in [2.45, 2.75) is 43.4 Å². The number of rotatable bonds is 5. The second-order valence-electron chi connectivity index (χ2n) is 7.89. The highest BCUT2D eigenvalue weighted by molar-refractivity contribution is 6.31. The molecular weight excluding hydrogens is 430 g/mol. The lowest BCUT2D eigenvalue weighted by molar-refractivity contribution is -0.384. The lowest BCUT2D eigenvalue weighted by Crippen LogP contribution is -2.59. The van der Waals surface area contributed by atoms with Gasteiger partial charge in [0, 0.05) is 35.0 Å². The average molecular weight is 454 g/mol. The number of nitrogens with zero attached hydrogens (tertiary/aromatic N) is 1. The molecule has 2 aromatic carbocycles. The summed E-state index contributed by atoms with van der Waals surface area (Å²) < 4.78 is 25.2. The summed E-state index contributed by atoms with van der Waals surface area (Å²) >= 11 is 6.42. The van der Waals surface area contributed by atoms with Crippen LogP contribution in [-0.4, -0.2) is 41.1 Å². The Labute approximate surface area is 191 Å². The largest absolute Gasteiger partial charge is 0.394 e. The van der Waals surface area contributed by atoms with Crippen LogP contribution in [0.2, 0.25) is 5.02 Å². The molecule has 0 saturated carbocycles. The molecule has 0 radical (unpaired) electrons. The van der Waals surface area contributed by atoms with Gasteiger partial charge in [-0.05, 0) is 11.6 Å². The lowest BCUT2D eigenvalue weighted by atomic mass is 9.94. The van der Waals surface area contributed by atoms with Crippen LogP contribution in [-0.2, 0) is 25.4 Å². The van der Waals surface area contributed by atoms with E-state index in [1.54, 1.807) is 18.5 Å². The molecule has 0 spiro atoms. The van der Waals surface area contributed by atoms with Gasteiger partial charge >= 0.3 is 0 Å². The van der Waals surface area contributed by atoms with Crippen LogP contribution in [0.1, 0.15) is 29.3 Å². The molecule has 2 saturated heterocycles. The highest BCUT2D eigenvalue weighted by Gasteiger charge is 2.50. The number of aromatic nitrogens is 1. The van der Waals surface area contributed by atoms with Crippen molar-refractivity contribution >= 4 is 11.6 Å². The molecule has 0 aliphatic carbocycles. The van der Waals surface area contributed by atoms with Crippen LogP contribution in [0, 0.1) is 0 Å². The fourth-order valence-electron chi connectivity index (χ4n) is 4.20. The van der Waals surface area contributed by atoms with Gasteiger partial charge in [-0.15, -0.1) is 0 Å². The Bertz CT molecular complexity index is 1020. The van der Waals surface area contributed by atoms with Gasteiger partial charge in [0.15, 0.2) is 12.6 Å². The van der Waals surface area contributed by atoms with E-state index in [1.807, 2.05) is 60.7 Å². The zero-order valence-electron chi connectivity index (χ0n) is 17.3. The fraction of sp³-hybridized carbons (Fsp3) is 0.320. The van der Waals surface area contributed by atoms with Gasteiger partial charge in [0.05, 0.1) is 12.7 Å². The van der Waals surface area contributed by atoms with Gasteiger partial charge in [-0.2, -0.15) is 0 Å². The molecule has 2 aliphatic heterocycles. The molecule has 2 unspecified atom stereocenters. The summed E-state index contributed by atoms with van der Waals surface area (Å²) in [5.41, 5.74) is 2.61. The third-order valence-electron chi connectivity index (χ3n) is 5.80. The molecule has 6 atom stereocenters. The summed E-state index contributed by atoms with van der Waals surface area (Å²) in [6.45, 7) is -0.199. The Morgan fingerprint density at radius 2 is 1.31 bits per heavy atom. The molecule has 2 fully saturated rings. The minimum Gasteiger partial charge on any atom is -0.394 e. The molecule has 6 nitrogen and oxygen atoms in total. The van der Waals surface area contributed by atoms with Crippen LogP contribution in [0.15, 0.2) is 79.1 Å². The third-order valence-corrected chi connectivity index (χ3v) is 6.17. The number of benzene rings is 2. The molecule has 2 aliphatic rings. The standard InChI is InChI=1S/C25H24ClNO5/c26-19-11-12-27-14-18(19)13-20-22-23(32-24(29-20)16-7-3-1-4-8-16)21(15-28)30-25(31-22)17-9-5-2-6-10-17/h1-12,14,20-25,28H,13,15H2/t20-,21-,22+,23-,24?,25?/m1/s1. The highest BCUT2D eigenvalue weighted by atomic mass is 35.5. The zero-order valence-corrected chi connectivity index (χ0v) is 18.0. The van der Waals surface area contributed by atoms with Crippen molar-refractivity contribution in [3.8, 4) is 0 Å². The highest BCUT2D eigenvalue weighted by Crippen LogP contribution is 2.41. The lowest BCUT2D eigenvalue weighted by Gasteiger charge is -2.49. The van der Waals surface area contributed by atoms with Crippen LogP contribution in [0.25, 0.3) is 0 Å². The maximum Gasteiger partial charge on any atom is 0.184 e. The van der Waals surface area contributed by atoms with E-state index in [-0.39, 0.29) is 12.7 Å². The van der Waals surface area contributed by atoms with Crippen LogP contribution in [0.5, 0.6) is 0 Å². The van der Waals surface area contributed by atoms with Crippen molar-refractivity contribution in [1.82, 2.24) is 4.98 Å². The Morgan fingerprint density at radius 1 is 0.750 bits per heavy atom. The SMILES string of the molecule is OC[C@H]1OC(c2ccccc2)O[C@@H]2[C@@H]1OC(c1ccccc1)O[C@@H]2Cc1cnccc1Cl. The van der Waals surface area contributed by atoms with Gasteiger partial charge in [-0.1, -0.05) is 72.3 Å². The van der Waals surface area contributed by atoms with Crippen molar-refractivity contribution in [3.05, 3.63) is 101 Å². The van der Waals surface area contributed by atoms with E-state index in [2.05, 4.69) is 4.98 Å². The smallest absolute Gasteiger partial charge is 0.184 e. The summed E-state index contributed by atoms with van der Waals surface area (Å²) in [5, 5.41) is 10.8. The van der Waals surface area contributed by atoms with Crippen molar-refractivity contribution in [2.75, 3.05) is 6.61 Å². The minimum absolute atomic E-state index is 0.199. The molecule has 32 heavy (non-hydrogen) atoms. The average Bonchev–Trinajstić information content (AvgIpc) is 2.86. The van der Waals surface area contributed by atoms with Gasteiger partial charge in [-0.3, -0.25) is 4.98 Å². The van der Waals surface area contributed by atoms with Crippen LogP contribution >= 0.6 is 11.6 Å². The molecule has 3 aromatic rings. The van der Waals surface area contributed by atoms with E-state index >= 15 is 0 Å². The maximum atomic E-state index is 10.1. The first-order valence-corrected chi connectivity index (χ1v) is 11.0. The molecule has 1 N–H and O–H groups in total. The number of hydrogen-bond donors (Lipinski definition) is 1. The molecule has 7 heteroatoms. The van der Waals surface area contributed by atoms with Gasteiger partial charge < -0.3 is 24.1 Å². The van der Waals surface area contributed by atoms with E-state index in [0.717, 1.165) is 16.7 Å². The van der Waals surface area contributed by atoms with Gasteiger partial charge in [0.1, 0.15) is 18.3 Å². The topological polar surface area (TPSA) is 70.0 Å². The van der Waals surface area contributed by atoms with Crippen LogP contribution in [0.4, 0.5) is 0 Å². The van der Waals surface area contributed by atoms with E-state index in [9.17, 15) is 5.11 Å². The predicted molar refractivity (Wildman–Crippen MR) is 118 cm³/mol. The summed E-state index contributed by atoms with van der Waals surface area (Å²) in [6, 6.07) is 21.1. The summed E-state index contributed by atoms with van der Waals surface area (Å²) in [6.07, 6.45) is 0.692. The Hall–Kier alpha value is -2.32. The first-order valence-electron chi connectivity index (χ1n) is 10.6. The van der Waals surface area contributed by atoms with E-state index < -0.39 is 30.9 Å². The number of halogens is 1. The Morgan fingerprint density at radius 3 is 1.88 bits per heavy atom. The van der Waals surface area contributed by atoms with Crippen LogP contribution in [0.3, 0.4) is 0 Å². The second-order valence-corrected chi connectivity index (χ2v) is 8.30. The van der Waals surface area contributed by atoms with E-state index in [4.69, 9.17) is 30.5 Å². The zero-order chi connectivity index (χ0) is 21.9. The minimum atomic E-state index is -0.637. The first kappa shape index (κ1) is 21.5. The normalized spacial score (nSPS) is 29.9. The Balaban J connectivity index is 1.48. The van der Waals surface area contributed by atoms with Gasteiger partial charge in [-0.25, -0.2) is 0 Å². The molecular formula is C25H24ClNO5. The monoisotopic (exact) mass is 453 g/mol. The Kier molecular flexibility index (Phi) is 6.50. The van der Waals surface area contributed by atoms with E-state index in [1.165, 1.54) is 0 Å².